The van der Waals surface area contributed by atoms with Gasteiger partial charge in [-0.15, -0.1) is 0 Å². The van der Waals surface area contributed by atoms with Crippen molar-refractivity contribution >= 4 is 19.9 Å². The Labute approximate surface area is 107 Å². The van der Waals surface area contributed by atoms with E-state index >= 15 is 0 Å². The van der Waals surface area contributed by atoms with Gasteiger partial charge in [0.25, 0.3) is 0 Å². The quantitative estimate of drug-likeness (QED) is 0.816. The molecule has 0 aliphatic rings. The van der Waals surface area contributed by atoms with Gasteiger partial charge in [0.2, 0.25) is 10.0 Å². The van der Waals surface area contributed by atoms with Crippen molar-refractivity contribution in [3.63, 3.8) is 0 Å². The van der Waals surface area contributed by atoms with Crippen LogP contribution in [-0.2, 0) is 19.9 Å². The van der Waals surface area contributed by atoms with Crippen molar-refractivity contribution in [1.82, 2.24) is 4.72 Å². The van der Waals surface area contributed by atoms with E-state index in [1.54, 1.807) is 0 Å². The summed E-state index contributed by atoms with van der Waals surface area (Å²) in [4.78, 5) is -1.43. The third kappa shape index (κ3) is 2.72. The second-order valence-corrected chi connectivity index (χ2v) is 8.70. The number of benzene rings is 1. The van der Waals surface area contributed by atoms with Gasteiger partial charge in [0.15, 0.2) is 9.84 Å². The van der Waals surface area contributed by atoms with Crippen LogP contribution in [0.15, 0.2) is 34.1 Å². The Bertz CT molecular complexity index is 625. The van der Waals surface area contributed by atoms with Gasteiger partial charge >= 0.3 is 0 Å². The molecular weight excluding hydrogens is 276 g/mol. The molecular formula is C10H16N2O4S2. The summed E-state index contributed by atoms with van der Waals surface area (Å²) < 4.78 is 49.1. The highest BCUT2D eigenvalue weighted by Gasteiger charge is 2.31. The molecule has 0 bridgehead atoms. The summed E-state index contributed by atoms with van der Waals surface area (Å²) in [5.41, 5.74) is 5.58. The largest absolute Gasteiger partial charge is 0.313 e. The summed E-state index contributed by atoms with van der Waals surface area (Å²) in [6.07, 6.45) is 0. The summed E-state index contributed by atoms with van der Waals surface area (Å²) >= 11 is 0. The first-order valence-corrected chi connectivity index (χ1v) is 8.06. The van der Waals surface area contributed by atoms with Gasteiger partial charge in [-0.05, 0) is 45.2 Å². The van der Waals surface area contributed by atoms with Gasteiger partial charge in [-0.25, -0.2) is 21.6 Å². The highest BCUT2D eigenvalue weighted by atomic mass is 32.2. The highest BCUT2D eigenvalue weighted by molar-refractivity contribution is 7.92. The molecule has 0 unspecified atom stereocenters. The number of hydrogen-bond donors (Lipinski definition) is 2. The predicted octanol–water partition coefficient (Wildman–Crippen LogP) is 0.0632. The highest BCUT2D eigenvalue weighted by Crippen LogP contribution is 2.22. The molecule has 0 atom stereocenters. The van der Waals surface area contributed by atoms with Crippen LogP contribution in [0.1, 0.15) is 13.8 Å². The SMILES string of the molecule is CNS(=O)(=O)c1ccc(S(=O)(=O)C(C)(C)N)cc1. The van der Waals surface area contributed by atoms with Crippen LogP contribution in [0.5, 0.6) is 0 Å². The van der Waals surface area contributed by atoms with Crippen LogP contribution in [0.3, 0.4) is 0 Å². The summed E-state index contributed by atoms with van der Waals surface area (Å²) in [6, 6.07) is 4.91. The van der Waals surface area contributed by atoms with E-state index in [1.807, 2.05) is 0 Å². The maximum atomic E-state index is 12.0. The Morgan fingerprint density at radius 1 is 1.00 bits per heavy atom. The van der Waals surface area contributed by atoms with Gasteiger partial charge < -0.3 is 5.73 Å². The predicted molar refractivity (Wildman–Crippen MR) is 68.1 cm³/mol. The van der Waals surface area contributed by atoms with Crippen molar-refractivity contribution in [2.45, 2.75) is 28.5 Å². The first-order valence-electron chi connectivity index (χ1n) is 5.09. The average molecular weight is 292 g/mol. The Morgan fingerprint density at radius 3 is 1.72 bits per heavy atom. The molecule has 0 radical (unpaired) electrons. The topological polar surface area (TPSA) is 106 Å². The molecule has 0 saturated heterocycles. The van der Waals surface area contributed by atoms with Crippen LogP contribution in [0.4, 0.5) is 0 Å². The van der Waals surface area contributed by atoms with Crippen LogP contribution in [-0.4, -0.2) is 28.8 Å². The van der Waals surface area contributed by atoms with E-state index < -0.39 is 24.7 Å². The van der Waals surface area contributed by atoms with Crippen LogP contribution >= 0.6 is 0 Å². The molecule has 0 saturated carbocycles. The maximum Gasteiger partial charge on any atom is 0.240 e. The van der Waals surface area contributed by atoms with Gasteiger partial charge in [0, 0.05) is 0 Å². The molecule has 18 heavy (non-hydrogen) atoms. The molecule has 0 amide bonds. The zero-order chi connectivity index (χ0) is 14.2. The van der Waals surface area contributed by atoms with E-state index in [2.05, 4.69) is 4.72 Å². The van der Waals surface area contributed by atoms with Crippen molar-refractivity contribution in [2.24, 2.45) is 5.73 Å². The molecule has 1 aromatic carbocycles. The van der Waals surface area contributed by atoms with Crippen molar-refractivity contribution in [2.75, 3.05) is 7.05 Å². The molecule has 0 heterocycles. The summed E-state index contributed by atoms with van der Waals surface area (Å²) in [5, 5.41) is 0. The minimum Gasteiger partial charge on any atom is -0.313 e. The minimum atomic E-state index is -3.68. The zero-order valence-corrected chi connectivity index (χ0v) is 12.0. The van der Waals surface area contributed by atoms with E-state index in [4.69, 9.17) is 5.73 Å². The van der Waals surface area contributed by atoms with E-state index in [0.29, 0.717) is 0 Å². The lowest BCUT2D eigenvalue weighted by atomic mass is 10.4. The van der Waals surface area contributed by atoms with Crippen molar-refractivity contribution in [3.8, 4) is 0 Å². The van der Waals surface area contributed by atoms with Crippen molar-refractivity contribution in [3.05, 3.63) is 24.3 Å². The second kappa shape index (κ2) is 4.61. The number of sulfone groups is 1. The Hall–Kier alpha value is -0.960. The summed E-state index contributed by atoms with van der Waals surface area (Å²) in [6.45, 7) is 2.75. The van der Waals surface area contributed by atoms with Crippen LogP contribution in [0.25, 0.3) is 0 Å². The molecule has 6 nitrogen and oxygen atoms in total. The lowest BCUT2D eigenvalue weighted by Crippen LogP contribution is -2.41. The lowest BCUT2D eigenvalue weighted by Gasteiger charge is -2.19. The Balaban J connectivity index is 3.29. The van der Waals surface area contributed by atoms with Crippen molar-refractivity contribution in [1.29, 1.82) is 0 Å². The lowest BCUT2D eigenvalue weighted by molar-refractivity contribution is 0.552. The van der Waals surface area contributed by atoms with E-state index in [0.717, 1.165) is 0 Å². The van der Waals surface area contributed by atoms with E-state index in [1.165, 1.54) is 45.2 Å². The number of hydrogen-bond acceptors (Lipinski definition) is 5. The van der Waals surface area contributed by atoms with Crippen molar-refractivity contribution < 1.29 is 16.8 Å². The molecule has 8 heteroatoms. The third-order valence-corrected chi connectivity index (χ3v) is 6.11. The zero-order valence-electron chi connectivity index (χ0n) is 10.3. The number of nitrogens with one attached hydrogen (secondary N) is 1. The first kappa shape index (κ1) is 15.1. The van der Waals surface area contributed by atoms with Gasteiger partial charge in [-0.1, -0.05) is 0 Å². The molecule has 0 aromatic heterocycles. The average Bonchev–Trinajstić information content (AvgIpc) is 2.27. The Morgan fingerprint density at radius 2 is 1.39 bits per heavy atom. The van der Waals surface area contributed by atoms with Crippen LogP contribution in [0.2, 0.25) is 0 Å². The number of sulfonamides is 1. The first-order chi connectivity index (χ1) is 8.02. The van der Waals surface area contributed by atoms with Crippen LogP contribution < -0.4 is 10.5 Å². The molecule has 1 aromatic rings. The fourth-order valence-electron chi connectivity index (χ4n) is 1.22. The molecule has 3 N–H and O–H groups in total. The van der Waals surface area contributed by atoms with Gasteiger partial charge in [0.05, 0.1) is 9.79 Å². The Kier molecular flexibility index (Phi) is 3.87. The fourth-order valence-corrected chi connectivity index (χ4v) is 3.05. The van der Waals surface area contributed by atoms with Crippen LogP contribution in [0, 0.1) is 0 Å². The third-order valence-electron chi connectivity index (χ3n) is 2.41. The summed E-state index contributed by atoms with van der Waals surface area (Å²) in [5.74, 6) is 0. The number of nitrogens with two attached hydrogens (primary N) is 1. The monoisotopic (exact) mass is 292 g/mol. The molecule has 0 spiro atoms. The van der Waals surface area contributed by atoms with E-state index in [9.17, 15) is 16.8 Å². The standard InChI is InChI=1S/C10H16N2O4S2/c1-10(2,11)17(13,14)8-4-6-9(7-5-8)18(15,16)12-3/h4-7,12H,11H2,1-3H3. The molecule has 0 aliphatic heterocycles. The molecule has 102 valence electrons. The second-order valence-electron chi connectivity index (χ2n) is 4.29. The smallest absolute Gasteiger partial charge is 0.240 e. The maximum absolute atomic E-state index is 12.0. The summed E-state index contributed by atoms with van der Waals surface area (Å²) in [7, 11) is -5.97. The normalized spacial score (nSPS) is 13.6. The fraction of sp³-hybridized carbons (Fsp3) is 0.400. The van der Waals surface area contributed by atoms with Gasteiger partial charge in [-0.3, -0.25) is 0 Å². The molecule has 0 fully saturated rings. The number of rotatable bonds is 4. The molecule has 1 rings (SSSR count). The minimum absolute atomic E-state index is 0.00113. The van der Waals surface area contributed by atoms with Gasteiger partial charge in [-0.2, -0.15) is 0 Å². The molecule has 0 aliphatic carbocycles. The van der Waals surface area contributed by atoms with E-state index in [-0.39, 0.29) is 9.79 Å². The van der Waals surface area contributed by atoms with Gasteiger partial charge in [0.1, 0.15) is 4.87 Å².